The third kappa shape index (κ3) is 4.90. The largest absolute Gasteiger partial charge is 0.489 e. The summed E-state index contributed by atoms with van der Waals surface area (Å²) in [6.07, 6.45) is 0.311. The van der Waals surface area contributed by atoms with Crippen molar-refractivity contribution in [2.24, 2.45) is 5.73 Å². The summed E-state index contributed by atoms with van der Waals surface area (Å²) in [6.45, 7) is 4.28. The summed E-state index contributed by atoms with van der Waals surface area (Å²) in [5.74, 6) is 0.711. The van der Waals surface area contributed by atoms with Gasteiger partial charge in [0.05, 0.1) is 0 Å². The van der Waals surface area contributed by atoms with E-state index in [-0.39, 0.29) is 11.9 Å². The van der Waals surface area contributed by atoms with Crippen molar-refractivity contribution in [2.45, 2.75) is 32.9 Å². The summed E-state index contributed by atoms with van der Waals surface area (Å²) in [6, 6.07) is 15.5. The highest BCUT2D eigenvalue weighted by Gasteiger charge is 2.08. The number of hydrogen-bond donors (Lipinski definition) is 2. The van der Waals surface area contributed by atoms with Crippen LogP contribution in [0.2, 0.25) is 0 Å². The molecule has 4 heteroatoms. The number of ether oxygens (including phenoxy) is 1. The van der Waals surface area contributed by atoms with Gasteiger partial charge in [0.25, 0.3) is 0 Å². The van der Waals surface area contributed by atoms with Crippen LogP contribution in [0.25, 0.3) is 0 Å². The number of rotatable bonds is 6. The van der Waals surface area contributed by atoms with Crippen LogP contribution in [0, 0.1) is 6.92 Å². The van der Waals surface area contributed by atoms with Crippen LogP contribution in [-0.2, 0) is 11.4 Å². The van der Waals surface area contributed by atoms with Crippen LogP contribution in [0.1, 0.15) is 24.5 Å². The van der Waals surface area contributed by atoms with Gasteiger partial charge < -0.3 is 15.8 Å². The van der Waals surface area contributed by atoms with Gasteiger partial charge in [0.15, 0.2) is 0 Å². The van der Waals surface area contributed by atoms with Gasteiger partial charge in [0, 0.05) is 18.2 Å². The molecule has 0 fully saturated rings. The number of anilines is 1. The van der Waals surface area contributed by atoms with Crippen molar-refractivity contribution < 1.29 is 9.53 Å². The molecular formula is C18H22N2O2. The summed E-state index contributed by atoms with van der Waals surface area (Å²) in [7, 11) is 0. The van der Waals surface area contributed by atoms with Crippen molar-refractivity contribution in [3.63, 3.8) is 0 Å². The van der Waals surface area contributed by atoms with Gasteiger partial charge in [-0.1, -0.05) is 30.3 Å². The standard InChI is InChI=1S/C18H22N2O2/c1-13-10-16(22-12-15-6-4-3-5-7-15)8-9-17(13)20-18(21)11-14(2)19/h3-10,14H,11-12,19H2,1-2H3,(H,20,21). The van der Waals surface area contributed by atoms with E-state index in [4.69, 9.17) is 10.5 Å². The second-order valence-corrected chi connectivity index (χ2v) is 5.48. The van der Waals surface area contributed by atoms with Crippen LogP contribution < -0.4 is 15.8 Å². The van der Waals surface area contributed by atoms with E-state index in [2.05, 4.69) is 5.32 Å². The van der Waals surface area contributed by atoms with Crippen molar-refractivity contribution in [3.05, 3.63) is 59.7 Å². The topological polar surface area (TPSA) is 64.3 Å². The van der Waals surface area contributed by atoms with E-state index in [0.29, 0.717) is 13.0 Å². The first-order valence-electron chi connectivity index (χ1n) is 7.37. The minimum Gasteiger partial charge on any atom is -0.489 e. The lowest BCUT2D eigenvalue weighted by atomic mass is 10.1. The van der Waals surface area contributed by atoms with Crippen LogP contribution in [0.5, 0.6) is 5.75 Å². The minimum atomic E-state index is -0.145. The first kappa shape index (κ1) is 16.0. The molecule has 0 aliphatic heterocycles. The van der Waals surface area contributed by atoms with E-state index >= 15 is 0 Å². The Morgan fingerprint density at radius 1 is 1.23 bits per heavy atom. The maximum Gasteiger partial charge on any atom is 0.225 e. The Bertz CT molecular complexity index is 624. The summed E-state index contributed by atoms with van der Waals surface area (Å²) < 4.78 is 5.76. The van der Waals surface area contributed by atoms with Gasteiger partial charge in [0.2, 0.25) is 5.91 Å². The average Bonchev–Trinajstić information content (AvgIpc) is 2.48. The number of carbonyl (C=O) groups is 1. The third-order valence-electron chi connectivity index (χ3n) is 3.23. The number of nitrogens with two attached hydrogens (primary N) is 1. The van der Waals surface area contributed by atoms with Crippen molar-refractivity contribution in [1.29, 1.82) is 0 Å². The maximum atomic E-state index is 11.7. The molecule has 0 saturated carbocycles. The molecule has 116 valence electrons. The molecule has 0 aliphatic carbocycles. The normalized spacial score (nSPS) is 11.8. The monoisotopic (exact) mass is 298 g/mol. The van der Waals surface area contributed by atoms with Gasteiger partial charge in [-0.3, -0.25) is 4.79 Å². The Kier molecular flexibility index (Phi) is 5.55. The Labute approximate surface area is 131 Å². The molecule has 0 aromatic heterocycles. The molecule has 4 nitrogen and oxygen atoms in total. The third-order valence-corrected chi connectivity index (χ3v) is 3.23. The second kappa shape index (κ2) is 7.61. The number of hydrogen-bond acceptors (Lipinski definition) is 3. The number of aryl methyl sites for hydroxylation is 1. The second-order valence-electron chi connectivity index (χ2n) is 5.48. The molecule has 0 heterocycles. The first-order chi connectivity index (χ1) is 10.5. The molecule has 0 radical (unpaired) electrons. The lowest BCUT2D eigenvalue weighted by Gasteiger charge is -2.12. The number of benzene rings is 2. The molecular weight excluding hydrogens is 276 g/mol. The highest BCUT2D eigenvalue weighted by molar-refractivity contribution is 5.91. The van der Waals surface area contributed by atoms with E-state index in [9.17, 15) is 4.79 Å². The van der Waals surface area contributed by atoms with E-state index in [1.165, 1.54) is 0 Å². The van der Waals surface area contributed by atoms with Crippen LogP contribution >= 0.6 is 0 Å². The molecule has 1 atom stereocenters. The molecule has 22 heavy (non-hydrogen) atoms. The number of amides is 1. The van der Waals surface area contributed by atoms with Crippen molar-refractivity contribution in [3.8, 4) is 5.75 Å². The molecule has 3 N–H and O–H groups in total. The fourth-order valence-electron chi connectivity index (χ4n) is 2.10. The quantitative estimate of drug-likeness (QED) is 0.860. The fourth-order valence-corrected chi connectivity index (χ4v) is 2.10. The molecule has 0 saturated heterocycles. The van der Waals surface area contributed by atoms with Crippen molar-refractivity contribution in [1.82, 2.24) is 0 Å². The summed E-state index contributed by atoms with van der Waals surface area (Å²) >= 11 is 0. The Hall–Kier alpha value is -2.33. The van der Waals surface area contributed by atoms with Gasteiger partial charge in [-0.15, -0.1) is 0 Å². The maximum absolute atomic E-state index is 11.7. The molecule has 1 amide bonds. The highest BCUT2D eigenvalue weighted by atomic mass is 16.5. The fraction of sp³-hybridized carbons (Fsp3) is 0.278. The minimum absolute atomic E-state index is 0.0731. The van der Waals surface area contributed by atoms with Crippen molar-refractivity contribution >= 4 is 11.6 Å². The average molecular weight is 298 g/mol. The van der Waals surface area contributed by atoms with Gasteiger partial charge in [-0.05, 0) is 43.2 Å². The number of carbonyl (C=O) groups excluding carboxylic acids is 1. The smallest absolute Gasteiger partial charge is 0.225 e. The van der Waals surface area contributed by atoms with Crippen LogP contribution in [0.3, 0.4) is 0 Å². The number of nitrogens with one attached hydrogen (secondary N) is 1. The van der Waals surface area contributed by atoms with E-state index in [1.807, 2.05) is 62.4 Å². The Balaban J connectivity index is 1.96. The zero-order valence-corrected chi connectivity index (χ0v) is 13.0. The first-order valence-corrected chi connectivity index (χ1v) is 7.37. The summed E-state index contributed by atoms with van der Waals surface area (Å²) in [5.41, 5.74) is 8.49. The summed E-state index contributed by atoms with van der Waals surface area (Å²) in [4.78, 5) is 11.7. The zero-order valence-electron chi connectivity index (χ0n) is 13.0. The van der Waals surface area contributed by atoms with Crippen LogP contribution in [0.15, 0.2) is 48.5 Å². The molecule has 2 rings (SSSR count). The summed E-state index contributed by atoms with van der Waals surface area (Å²) in [5, 5.41) is 2.87. The predicted molar refractivity (Wildman–Crippen MR) is 88.8 cm³/mol. The zero-order chi connectivity index (χ0) is 15.9. The van der Waals surface area contributed by atoms with Crippen molar-refractivity contribution in [2.75, 3.05) is 5.32 Å². The van der Waals surface area contributed by atoms with Gasteiger partial charge in [0.1, 0.15) is 12.4 Å². The van der Waals surface area contributed by atoms with Crippen LogP contribution in [-0.4, -0.2) is 11.9 Å². The molecule has 0 bridgehead atoms. The molecule has 0 aliphatic rings. The predicted octanol–water partition coefficient (Wildman–Crippen LogP) is 3.25. The SMILES string of the molecule is Cc1cc(OCc2ccccc2)ccc1NC(=O)CC(C)N. The molecule has 2 aromatic rings. The molecule has 2 aromatic carbocycles. The lowest BCUT2D eigenvalue weighted by Crippen LogP contribution is -2.24. The van der Waals surface area contributed by atoms with E-state index < -0.39 is 0 Å². The van der Waals surface area contributed by atoms with E-state index in [1.54, 1.807) is 0 Å². The van der Waals surface area contributed by atoms with Crippen LogP contribution in [0.4, 0.5) is 5.69 Å². The lowest BCUT2D eigenvalue weighted by molar-refractivity contribution is -0.116. The molecule has 1 unspecified atom stereocenters. The van der Waals surface area contributed by atoms with E-state index in [0.717, 1.165) is 22.6 Å². The Morgan fingerprint density at radius 3 is 2.59 bits per heavy atom. The highest BCUT2D eigenvalue weighted by Crippen LogP contribution is 2.22. The van der Waals surface area contributed by atoms with Gasteiger partial charge in [-0.2, -0.15) is 0 Å². The Morgan fingerprint density at radius 2 is 1.95 bits per heavy atom. The van der Waals surface area contributed by atoms with Gasteiger partial charge >= 0.3 is 0 Å². The molecule has 0 spiro atoms. The van der Waals surface area contributed by atoms with Gasteiger partial charge in [-0.25, -0.2) is 0 Å².